The highest BCUT2D eigenvalue weighted by molar-refractivity contribution is 9.13. The van der Waals surface area contributed by atoms with Crippen molar-refractivity contribution in [3.05, 3.63) is 95.2 Å². The Kier molecular flexibility index (Phi) is 9.06. The van der Waals surface area contributed by atoms with Crippen LogP contribution in [0, 0.1) is 0 Å². The van der Waals surface area contributed by atoms with E-state index in [2.05, 4.69) is 31.9 Å². The molecule has 0 bridgehead atoms. The van der Waals surface area contributed by atoms with E-state index < -0.39 is 0 Å². The van der Waals surface area contributed by atoms with Gasteiger partial charge in [-0.05, 0) is 91.5 Å². The van der Waals surface area contributed by atoms with Crippen LogP contribution in [0.15, 0.2) is 68.4 Å². The summed E-state index contributed by atoms with van der Waals surface area (Å²) in [5, 5.41) is 0.412. The van der Waals surface area contributed by atoms with Gasteiger partial charge in [-0.2, -0.15) is 0 Å². The highest BCUT2D eigenvalue weighted by Gasteiger charge is 2.35. The number of hydrogen-bond donors (Lipinski definition) is 0. The minimum absolute atomic E-state index is 0.0974. The fourth-order valence-corrected chi connectivity index (χ4v) is 5.53. The molecule has 5 nitrogen and oxygen atoms in total. The Morgan fingerprint density at radius 2 is 1.69 bits per heavy atom. The van der Waals surface area contributed by atoms with Gasteiger partial charge in [0.25, 0.3) is 11.1 Å². The van der Waals surface area contributed by atoms with E-state index >= 15 is 0 Å². The fourth-order valence-electron chi connectivity index (χ4n) is 3.43. The number of benzene rings is 3. The molecule has 3 aromatic carbocycles. The summed E-state index contributed by atoms with van der Waals surface area (Å²) in [6, 6.07) is 16.6. The third-order valence-electron chi connectivity index (χ3n) is 5.17. The Balaban J connectivity index is 1.60. The molecule has 2 amide bonds. The Hall–Kier alpha value is -1.97. The van der Waals surface area contributed by atoms with Crippen molar-refractivity contribution < 1.29 is 19.1 Å². The molecule has 0 radical (unpaired) electrons. The van der Waals surface area contributed by atoms with Crippen molar-refractivity contribution in [3.63, 3.8) is 0 Å². The van der Waals surface area contributed by atoms with Crippen LogP contribution in [-0.2, 0) is 17.9 Å². The lowest BCUT2D eigenvalue weighted by atomic mass is 10.1. The fraction of sp³-hybridized carbons (Fsp3) is 0.154. The van der Waals surface area contributed by atoms with Gasteiger partial charge in [0.1, 0.15) is 6.61 Å². The third-order valence-corrected chi connectivity index (χ3v) is 8.96. The maximum Gasteiger partial charge on any atom is 0.293 e. The number of nitrogens with zero attached hydrogens (tertiary/aromatic N) is 1. The van der Waals surface area contributed by atoms with Crippen LogP contribution in [0.5, 0.6) is 11.5 Å². The molecule has 10 heteroatoms. The molecule has 0 unspecified atom stereocenters. The van der Waals surface area contributed by atoms with Gasteiger partial charge in [0.05, 0.1) is 32.6 Å². The number of ether oxygens (including phenoxy) is 2. The standard InChI is InChI=1S/C26H19Br2Cl2NO4S/c1-2-34-20-11-17(22(27)23(28)24(20)35-14-15-6-4-3-5-7-15)12-21-25(32)31(26(33)36-21)13-16-8-9-18(29)19(30)10-16/h3-12H,2,13-14H2,1H3/b21-12-. The molecule has 36 heavy (non-hydrogen) atoms. The molecule has 0 saturated carbocycles. The molecule has 1 aliphatic rings. The predicted molar refractivity (Wildman–Crippen MR) is 152 cm³/mol. The van der Waals surface area contributed by atoms with Crippen LogP contribution in [0.3, 0.4) is 0 Å². The first kappa shape index (κ1) is 27.1. The average molecular weight is 672 g/mol. The van der Waals surface area contributed by atoms with Gasteiger partial charge < -0.3 is 9.47 Å². The van der Waals surface area contributed by atoms with Gasteiger partial charge in [-0.3, -0.25) is 14.5 Å². The molecule has 1 aliphatic heterocycles. The van der Waals surface area contributed by atoms with Crippen molar-refractivity contribution in [2.45, 2.75) is 20.1 Å². The Morgan fingerprint density at radius 1 is 0.944 bits per heavy atom. The molecule has 1 saturated heterocycles. The smallest absolute Gasteiger partial charge is 0.293 e. The second kappa shape index (κ2) is 12.0. The molecular formula is C26H19Br2Cl2NO4S. The maximum absolute atomic E-state index is 13.1. The zero-order chi connectivity index (χ0) is 25.8. The molecule has 1 heterocycles. The lowest BCUT2D eigenvalue weighted by molar-refractivity contribution is -0.123. The van der Waals surface area contributed by atoms with E-state index in [9.17, 15) is 9.59 Å². The summed E-state index contributed by atoms with van der Waals surface area (Å²) in [5.74, 6) is 0.670. The number of amides is 2. The van der Waals surface area contributed by atoms with Gasteiger partial charge in [0, 0.05) is 4.47 Å². The summed E-state index contributed by atoms with van der Waals surface area (Å²) in [4.78, 5) is 27.2. The summed E-state index contributed by atoms with van der Waals surface area (Å²) in [5.41, 5.74) is 2.38. The zero-order valence-corrected chi connectivity index (χ0v) is 24.4. The number of hydrogen-bond acceptors (Lipinski definition) is 5. The highest BCUT2D eigenvalue weighted by Crippen LogP contribution is 2.45. The molecule has 0 N–H and O–H groups in total. The second-order valence-corrected chi connectivity index (χ2v) is 11.0. The topological polar surface area (TPSA) is 55.8 Å². The monoisotopic (exact) mass is 669 g/mol. The lowest BCUT2D eigenvalue weighted by Gasteiger charge is -2.17. The van der Waals surface area contributed by atoms with Gasteiger partial charge in [-0.1, -0.05) is 59.6 Å². The van der Waals surface area contributed by atoms with Gasteiger partial charge in [0.2, 0.25) is 0 Å². The van der Waals surface area contributed by atoms with E-state index in [-0.39, 0.29) is 17.7 Å². The maximum atomic E-state index is 13.1. The van der Waals surface area contributed by atoms with Crippen LogP contribution in [-0.4, -0.2) is 22.7 Å². The van der Waals surface area contributed by atoms with Crippen LogP contribution in [0.25, 0.3) is 6.08 Å². The quantitative estimate of drug-likeness (QED) is 0.224. The SMILES string of the molecule is CCOc1cc(/C=C2\SC(=O)N(Cc3ccc(Cl)c(Cl)c3)C2=O)c(Br)c(Br)c1OCc1ccccc1. The molecule has 1 fully saturated rings. The highest BCUT2D eigenvalue weighted by atomic mass is 79.9. The number of halogens is 4. The van der Waals surface area contributed by atoms with Crippen molar-refractivity contribution in [2.24, 2.45) is 0 Å². The van der Waals surface area contributed by atoms with Gasteiger partial charge in [-0.25, -0.2) is 0 Å². The normalized spacial score (nSPS) is 14.6. The minimum Gasteiger partial charge on any atom is -0.490 e. The minimum atomic E-state index is -0.388. The van der Waals surface area contributed by atoms with Gasteiger partial charge >= 0.3 is 0 Å². The van der Waals surface area contributed by atoms with Crippen LogP contribution >= 0.6 is 66.8 Å². The molecular weight excluding hydrogens is 653 g/mol. The first-order chi connectivity index (χ1) is 17.3. The molecule has 0 atom stereocenters. The van der Waals surface area contributed by atoms with Crippen LogP contribution in [0.2, 0.25) is 10.0 Å². The third kappa shape index (κ3) is 6.11. The average Bonchev–Trinajstić information content (AvgIpc) is 3.12. The van der Waals surface area contributed by atoms with E-state index in [1.165, 1.54) is 4.90 Å². The van der Waals surface area contributed by atoms with E-state index in [0.29, 0.717) is 59.7 Å². The summed E-state index contributed by atoms with van der Waals surface area (Å²) in [6.07, 6.45) is 1.66. The molecule has 4 rings (SSSR count). The van der Waals surface area contributed by atoms with Crippen molar-refractivity contribution >= 4 is 84.0 Å². The summed E-state index contributed by atoms with van der Waals surface area (Å²) < 4.78 is 13.2. The van der Waals surface area contributed by atoms with Crippen molar-refractivity contribution in [3.8, 4) is 11.5 Å². The van der Waals surface area contributed by atoms with Crippen molar-refractivity contribution in [1.29, 1.82) is 0 Å². The Labute approximate surface area is 240 Å². The molecule has 0 spiro atoms. The van der Waals surface area contributed by atoms with E-state index in [0.717, 1.165) is 17.3 Å². The van der Waals surface area contributed by atoms with Crippen molar-refractivity contribution in [1.82, 2.24) is 4.90 Å². The lowest BCUT2D eigenvalue weighted by Crippen LogP contribution is -2.27. The number of carbonyl (C=O) groups is 2. The number of carbonyl (C=O) groups excluding carboxylic acids is 2. The number of imide groups is 1. The molecule has 0 aromatic heterocycles. The Morgan fingerprint density at radius 3 is 2.39 bits per heavy atom. The molecule has 186 valence electrons. The van der Waals surface area contributed by atoms with Crippen LogP contribution in [0.4, 0.5) is 4.79 Å². The largest absolute Gasteiger partial charge is 0.490 e. The van der Waals surface area contributed by atoms with Gasteiger partial charge in [-0.15, -0.1) is 0 Å². The van der Waals surface area contributed by atoms with Gasteiger partial charge in [0.15, 0.2) is 11.5 Å². The molecule has 3 aromatic rings. The van der Waals surface area contributed by atoms with Crippen molar-refractivity contribution in [2.75, 3.05) is 6.61 Å². The first-order valence-corrected chi connectivity index (χ1v) is 13.9. The zero-order valence-electron chi connectivity index (χ0n) is 18.9. The summed E-state index contributed by atoms with van der Waals surface area (Å²) in [6.45, 7) is 2.76. The first-order valence-electron chi connectivity index (χ1n) is 10.8. The Bertz CT molecular complexity index is 1350. The number of rotatable bonds is 8. The second-order valence-electron chi connectivity index (χ2n) is 7.64. The van der Waals surface area contributed by atoms with E-state index in [1.807, 2.05) is 37.3 Å². The van der Waals surface area contributed by atoms with Crippen LogP contribution in [0.1, 0.15) is 23.6 Å². The summed E-state index contributed by atoms with van der Waals surface area (Å²) >= 11 is 20.1. The molecule has 0 aliphatic carbocycles. The van der Waals surface area contributed by atoms with Crippen LogP contribution < -0.4 is 9.47 Å². The predicted octanol–water partition coefficient (Wildman–Crippen LogP) is 8.73. The summed E-state index contributed by atoms with van der Waals surface area (Å²) in [7, 11) is 0. The number of thioether (sulfide) groups is 1. The van der Waals surface area contributed by atoms with E-state index in [4.69, 9.17) is 32.7 Å². The van der Waals surface area contributed by atoms with E-state index in [1.54, 1.807) is 30.3 Å².